The molecule has 0 aromatic carbocycles. The Hall–Kier alpha value is -3.93. The van der Waals surface area contributed by atoms with E-state index in [0.29, 0.717) is 19.3 Å². The van der Waals surface area contributed by atoms with E-state index in [1.165, 1.54) is 103 Å². The summed E-state index contributed by atoms with van der Waals surface area (Å²) in [7, 11) is 0. The molecule has 6 heteroatoms. The molecule has 0 heterocycles. The van der Waals surface area contributed by atoms with Gasteiger partial charge in [-0.1, -0.05) is 239 Å². The smallest absolute Gasteiger partial charge is 0.306 e. The molecule has 0 aliphatic heterocycles. The van der Waals surface area contributed by atoms with Gasteiger partial charge in [0.2, 0.25) is 0 Å². The lowest BCUT2D eigenvalue weighted by Crippen LogP contribution is -2.30. The van der Waals surface area contributed by atoms with Crippen LogP contribution in [0.25, 0.3) is 0 Å². The lowest BCUT2D eigenvalue weighted by atomic mass is 10.0. The molecule has 64 heavy (non-hydrogen) atoms. The minimum Gasteiger partial charge on any atom is -0.462 e. The monoisotopic (exact) mass is 887 g/mol. The van der Waals surface area contributed by atoms with E-state index < -0.39 is 6.10 Å². The number of ether oxygens (including phenoxy) is 3. The van der Waals surface area contributed by atoms with Crippen molar-refractivity contribution in [1.29, 1.82) is 0 Å². The zero-order valence-electron chi connectivity index (χ0n) is 41.3. The van der Waals surface area contributed by atoms with E-state index in [-0.39, 0.29) is 37.5 Å². The quantitative estimate of drug-likeness (QED) is 0.0199. The molecule has 0 aliphatic carbocycles. The van der Waals surface area contributed by atoms with Crippen LogP contribution in [0.3, 0.4) is 0 Å². The topological polar surface area (TPSA) is 78.9 Å². The van der Waals surface area contributed by atoms with E-state index in [1.54, 1.807) is 0 Å². The lowest BCUT2D eigenvalue weighted by Gasteiger charge is -2.18. The molecule has 0 aromatic rings. The first-order valence-electron chi connectivity index (χ1n) is 26.0. The molecule has 0 aromatic heterocycles. The van der Waals surface area contributed by atoms with Crippen molar-refractivity contribution in [1.82, 2.24) is 0 Å². The number of allylic oxidation sites excluding steroid dienone is 18. The Labute approximate surface area is 393 Å². The maximum absolute atomic E-state index is 12.8. The van der Waals surface area contributed by atoms with Crippen molar-refractivity contribution in [2.45, 2.75) is 226 Å². The van der Waals surface area contributed by atoms with Crippen LogP contribution in [0.4, 0.5) is 0 Å². The molecule has 0 radical (unpaired) electrons. The summed E-state index contributed by atoms with van der Waals surface area (Å²) in [6.07, 6.45) is 69.3. The first-order valence-corrected chi connectivity index (χ1v) is 26.0. The van der Waals surface area contributed by atoms with Gasteiger partial charge >= 0.3 is 17.9 Å². The summed E-state index contributed by atoms with van der Waals surface area (Å²) in [6.45, 7) is 6.39. The van der Waals surface area contributed by atoms with Crippen molar-refractivity contribution < 1.29 is 28.6 Å². The number of hydrogen-bond donors (Lipinski definition) is 0. The third kappa shape index (κ3) is 49.1. The van der Waals surface area contributed by atoms with Crippen LogP contribution in [0.2, 0.25) is 0 Å². The molecule has 0 amide bonds. The predicted octanol–water partition coefficient (Wildman–Crippen LogP) is 17.1. The summed E-state index contributed by atoms with van der Waals surface area (Å²) in [5, 5.41) is 0. The molecule has 0 spiro atoms. The molecule has 0 fully saturated rings. The van der Waals surface area contributed by atoms with Crippen LogP contribution in [0, 0.1) is 0 Å². The highest BCUT2D eigenvalue weighted by Crippen LogP contribution is 2.14. The van der Waals surface area contributed by atoms with Crippen LogP contribution in [0.5, 0.6) is 0 Å². The number of carbonyl (C=O) groups excluding carboxylic acids is 3. The van der Waals surface area contributed by atoms with Gasteiger partial charge in [-0.25, -0.2) is 0 Å². The van der Waals surface area contributed by atoms with Crippen molar-refractivity contribution >= 4 is 17.9 Å². The molecule has 6 nitrogen and oxygen atoms in total. The van der Waals surface area contributed by atoms with E-state index in [4.69, 9.17) is 14.2 Å². The zero-order valence-corrected chi connectivity index (χ0v) is 41.3. The van der Waals surface area contributed by atoms with Gasteiger partial charge in [0.15, 0.2) is 6.10 Å². The minimum absolute atomic E-state index is 0.113. The first kappa shape index (κ1) is 60.1. The van der Waals surface area contributed by atoms with Crippen LogP contribution in [-0.4, -0.2) is 37.2 Å². The molecule has 362 valence electrons. The van der Waals surface area contributed by atoms with Gasteiger partial charge in [0.05, 0.1) is 0 Å². The Kier molecular flexibility index (Phi) is 48.5. The van der Waals surface area contributed by atoms with E-state index in [1.807, 2.05) is 60.8 Å². The van der Waals surface area contributed by atoms with E-state index >= 15 is 0 Å². The second kappa shape index (κ2) is 51.7. The maximum atomic E-state index is 12.8. The Morgan fingerprint density at radius 2 is 0.688 bits per heavy atom. The normalized spacial score (nSPS) is 13.0. The summed E-state index contributed by atoms with van der Waals surface area (Å²) in [4.78, 5) is 38.0. The number of esters is 3. The van der Waals surface area contributed by atoms with Gasteiger partial charge < -0.3 is 14.2 Å². The van der Waals surface area contributed by atoms with E-state index in [0.717, 1.165) is 70.6 Å². The Morgan fingerprint density at radius 1 is 0.344 bits per heavy atom. The lowest BCUT2D eigenvalue weighted by molar-refractivity contribution is -0.167. The molecule has 0 saturated carbocycles. The predicted molar refractivity (Wildman–Crippen MR) is 274 cm³/mol. The van der Waals surface area contributed by atoms with Crippen LogP contribution in [0.1, 0.15) is 220 Å². The highest BCUT2D eigenvalue weighted by molar-refractivity contribution is 5.71. The number of hydrogen-bond acceptors (Lipinski definition) is 6. The summed E-state index contributed by atoms with van der Waals surface area (Å²) in [5.41, 5.74) is 0. The van der Waals surface area contributed by atoms with Gasteiger partial charge in [-0.15, -0.1) is 0 Å². The van der Waals surface area contributed by atoms with Gasteiger partial charge in [-0.05, 0) is 70.6 Å². The molecule has 0 bridgehead atoms. The molecule has 0 N–H and O–H groups in total. The van der Waals surface area contributed by atoms with Crippen LogP contribution in [-0.2, 0) is 28.6 Å². The standard InChI is InChI=1S/C58H94O6/c1-4-7-10-13-16-19-22-25-27-29-31-33-36-39-42-45-48-51-57(60)63-54-55(53-62-56(59)50-47-44-41-38-35-24-21-18-15-12-9-6-3)64-58(61)52-49-46-43-40-37-34-32-30-28-26-23-20-17-14-11-8-5-2/h7,10,13,16,19,22,25-29,31-34,36,40,43,55H,4-6,8-9,11-12,14-15,17-18,20-21,23-24,30,35,37-39,41-42,44-54H2,1-3H3/b10-7-,16-13-,22-19-,27-25-,28-26-,31-29+,34-32-,36-33-,43-40-. The summed E-state index contributed by atoms with van der Waals surface area (Å²) >= 11 is 0. The highest BCUT2D eigenvalue weighted by Gasteiger charge is 2.19. The minimum atomic E-state index is -0.822. The van der Waals surface area contributed by atoms with E-state index in [2.05, 4.69) is 69.4 Å². The molecule has 0 saturated heterocycles. The maximum Gasteiger partial charge on any atom is 0.306 e. The van der Waals surface area contributed by atoms with Gasteiger partial charge in [-0.3, -0.25) is 14.4 Å². The van der Waals surface area contributed by atoms with Crippen LogP contribution in [0.15, 0.2) is 109 Å². The molecule has 1 atom stereocenters. The molecular formula is C58H94O6. The van der Waals surface area contributed by atoms with Crippen molar-refractivity contribution in [2.75, 3.05) is 13.2 Å². The Morgan fingerprint density at radius 3 is 1.16 bits per heavy atom. The number of rotatable bonds is 45. The van der Waals surface area contributed by atoms with Crippen molar-refractivity contribution in [3.8, 4) is 0 Å². The van der Waals surface area contributed by atoms with Gasteiger partial charge in [0, 0.05) is 19.3 Å². The van der Waals surface area contributed by atoms with Crippen LogP contribution < -0.4 is 0 Å². The third-order valence-electron chi connectivity index (χ3n) is 10.7. The average molecular weight is 887 g/mol. The number of unbranched alkanes of at least 4 members (excludes halogenated alkanes) is 21. The third-order valence-corrected chi connectivity index (χ3v) is 10.7. The van der Waals surface area contributed by atoms with Crippen molar-refractivity contribution in [3.05, 3.63) is 109 Å². The average Bonchev–Trinajstić information content (AvgIpc) is 3.29. The Bertz CT molecular complexity index is 1340. The summed E-state index contributed by atoms with van der Waals surface area (Å²) < 4.78 is 16.7. The molecule has 0 aliphatic rings. The molecule has 0 rings (SSSR count). The second-order valence-electron chi connectivity index (χ2n) is 16.9. The van der Waals surface area contributed by atoms with Gasteiger partial charge in [-0.2, -0.15) is 0 Å². The summed E-state index contributed by atoms with van der Waals surface area (Å²) in [5.74, 6) is -1.02. The Balaban J connectivity index is 4.57. The SMILES string of the molecule is CC\C=C/C=C\C=C/C=C\C=C\C=C/CCCCCC(=O)OCC(COC(=O)CCCCCCCCCCCCCC)OC(=O)CCC/C=C\C/C=C\C/C=C\CCCCCCCC. The number of carbonyl (C=O) groups is 3. The van der Waals surface area contributed by atoms with Crippen molar-refractivity contribution in [2.24, 2.45) is 0 Å². The second-order valence-corrected chi connectivity index (χ2v) is 16.9. The largest absolute Gasteiger partial charge is 0.462 e. The fraction of sp³-hybridized carbons (Fsp3) is 0.638. The molecule has 1 unspecified atom stereocenters. The summed E-state index contributed by atoms with van der Waals surface area (Å²) in [6, 6.07) is 0. The zero-order chi connectivity index (χ0) is 46.5. The fourth-order valence-electron chi connectivity index (χ4n) is 6.78. The highest BCUT2D eigenvalue weighted by atomic mass is 16.6. The van der Waals surface area contributed by atoms with E-state index in [9.17, 15) is 14.4 Å². The first-order chi connectivity index (χ1) is 31.5. The van der Waals surface area contributed by atoms with Gasteiger partial charge in [0.1, 0.15) is 13.2 Å². The van der Waals surface area contributed by atoms with Crippen LogP contribution >= 0.6 is 0 Å². The van der Waals surface area contributed by atoms with Crippen molar-refractivity contribution in [3.63, 3.8) is 0 Å². The fourth-order valence-corrected chi connectivity index (χ4v) is 6.78. The molecular weight excluding hydrogens is 793 g/mol. The van der Waals surface area contributed by atoms with Gasteiger partial charge in [0.25, 0.3) is 0 Å².